The third kappa shape index (κ3) is 1.04. The molecule has 2 saturated heterocycles. The number of epoxide rings is 1. The molecule has 1 saturated carbocycles. The molecule has 4 rings (SSSR count). The lowest BCUT2D eigenvalue weighted by Crippen LogP contribution is -2.45. The van der Waals surface area contributed by atoms with Crippen molar-refractivity contribution in [3.05, 3.63) is 11.6 Å². The molecule has 2 aliphatic carbocycles. The predicted octanol–water partition coefficient (Wildman–Crippen LogP) is 2.66. The molecule has 2 aliphatic heterocycles. The highest BCUT2D eigenvalue weighted by atomic mass is 16.8. The SMILES string of the molecule is CC1=C[C@H]2CC3(C(=O)O[C@@H]4O[C@@H]43)C(C)(C)[C@H]2CC1. The predicted molar refractivity (Wildman–Crippen MR) is 65.6 cm³/mol. The first kappa shape index (κ1) is 11.0. The molecule has 4 aliphatic rings. The standard InChI is InChI=1S/C15H20O3/c1-8-4-5-10-9(6-8)7-15(14(10,2)3)11-12(17-11)18-13(15)16/h6,9-12H,4-5,7H2,1-3H3/t9-,10-,11-,12-,15?/m0/s1. The lowest BCUT2D eigenvalue weighted by atomic mass is 9.62. The van der Waals surface area contributed by atoms with E-state index in [-0.39, 0.29) is 29.2 Å². The molecule has 18 heavy (non-hydrogen) atoms. The van der Waals surface area contributed by atoms with Gasteiger partial charge in [-0.2, -0.15) is 0 Å². The van der Waals surface area contributed by atoms with Crippen LogP contribution in [0.1, 0.15) is 40.0 Å². The van der Waals surface area contributed by atoms with Crippen molar-refractivity contribution < 1.29 is 14.3 Å². The van der Waals surface area contributed by atoms with E-state index in [1.54, 1.807) is 0 Å². The first-order valence-corrected chi connectivity index (χ1v) is 7.00. The van der Waals surface area contributed by atoms with E-state index in [0.29, 0.717) is 11.8 Å². The van der Waals surface area contributed by atoms with E-state index < -0.39 is 0 Å². The van der Waals surface area contributed by atoms with E-state index in [0.717, 1.165) is 6.42 Å². The van der Waals surface area contributed by atoms with Crippen molar-refractivity contribution in [2.75, 3.05) is 0 Å². The van der Waals surface area contributed by atoms with Crippen molar-refractivity contribution >= 4 is 5.97 Å². The van der Waals surface area contributed by atoms with Gasteiger partial charge in [0.2, 0.25) is 6.29 Å². The number of allylic oxidation sites excluding steroid dienone is 2. The van der Waals surface area contributed by atoms with Crippen LogP contribution in [0.5, 0.6) is 0 Å². The minimum Gasteiger partial charge on any atom is -0.432 e. The molecule has 2 heterocycles. The fourth-order valence-corrected chi connectivity index (χ4v) is 4.92. The third-order valence-electron chi connectivity index (χ3n) is 6.02. The second-order valence-corrected chi connectivity index (χ2v) is 7.05. The van der Waals surface area contributed by atoms with E-state index in [2.05, 4.69) is 26.8 Å². The van der Waals surface area contributed by atoms with Crippen molar-refractivity contribution in [2.45, 2.75) is 52.4 Å². The summed E-state index contributed by atoms with van der Waals surface area (Å²) >= 11 is 0. The summed E-state index contributed by atoms with van der Waals surface area (Å²) in [5.41, 5.74) is 1.08. The molecule has 98 valence electrons. The normalized spacial score (nSPS) is 51.7. The van der Waals surface area contributed by atoms with Gasteiger partial charge in [0, 0.05) is 0 Å². The molecule has 5 atom stereocenters. The summed E-state index contributed by atoms with van der Waals surface area (Å²) in [6.07, 6.45) is 5.48. The summed E-state index contributed by atoms with van der Waals surface area (Å²) in [7, 11) is 0. The first-order valence-electron chi connectivity index (χ1n) is 7.00. The van der Waals surface area contributed by atoms with Crippen molar-refractivity contribution in [3.8, 4) is 0 Å². The Hall–Kier alpha value is -0.830. The lowest BCUT2D eigenvalue weighted by molar-refractivity contribution is -0.165. The average Bonchev–Trinajstić information content (AvgIpc) is 2.93. The summed E-state index contributed by atoms with van der Waals surface area (Å²) in [6.45, 7) is 6.70. The maximum absolute atomic E-state index is 12.4. The van der Waals surface area contributed by atoms with E-state index in [9.17, 15) is 4.79 Å². The summed E-state index contributed by atoms with van der Waals surface area (Å²) in [5, 5.41) is 0. The van der Waals surface area contributed by atoms with Gasteiger partial charge in [0.25, 0.3) is 0 Å². The quantitative estimate of drug-likeness (QED) is 0.376. The maximum Gasteiger partial charge on any atom is 0.317 e. The molecule has 1 unspecified atom stereocenters. The maximum atomic E-state index is 12.4. The summed E-state index contributed by atoms with van der Waals surface area (Å²) in [6, 6.07) is 0. The Balaban J connectivity index is 1.80. The van der Waals surface area contributed by atoms with Gasteiger partial charge in [0.1, 0.15) is 11.5 Å². The highest BCUT2D eigenvalue weighted by molar-refractivity contribution is 5.83. The van der Waals surface area contributed by atoms with Crippen LogP contribution >= 0.6 is 0 Å². The van der Waals surface area contributed by atoms with Crippen LogP contribution in [0.15, 0.2) is 11.6 Å². The monoisotopic (exact) mass is 248 g/mol. The second-order valence-electron chi connectivity index (χ2n) is 7.05. The molecule has 0 aromatic heterocycles. The molecular weight excluding hydrogens is 228 g/mol. The van der Waals surface area contributed by atoms with Gasteiger partial charge in [-0.15, -0.1) is 0 Å². The Bertz CT molecular complexity index is 464. The largest absolute Gasteiger partial charge is 0.432 e. The number of fused-ring (bicyclic) bond motifs is 3. The van der Waals surface area contributed by atoms with Crippen LogP contribution < -0.4 is 0 Å². The minimum absolute atomic E-state index is 0.00537. The Labute approximate surface area is 108 Å². The smallest absolute Gasteiger partial charge is 0.317 e. The number of hydrogen-bond donors (Lipinski definition) is 0. The van der Waals surface area contributed by atoms with Crippen LogP contribution in [0.4, 0.5) is 0 Å². The number of carbonyl (C=O) groups excluding carboxylic acids is 1. The van der Waals surface area contributed by atoms with Gasteiger partial charge in [-0.1, -0.05) is 25.5 Å². The van der Waals surface area contributed by atoms with Crippen molar-refractivity contribution in [1.82, 2.24) is 0 Å². The van der Waals surface area contributed by atoms with Crippen LogP contribution in [0.3, 0.4) is 0 Å². The summed E-state index contributed by atoms with van der Waals surface area (Å²) < 4.78 is 10.9. The molecule has 3 heteroatoms. The van der Waals surface area contributed by atoms with E-state index in [4.69, 9.17) is 9.47 Å². The average molecular weight is 248 g/mol. The van der Waals surface area contributed by atoms with Crippen molar-refractivity contribution in [3.63, 3.8) is 0 Å². The summed E-state index contributed by atoms with van der Waals surface area (Å²) in [4.78, 5) is 12.4. The highest BCUT2D eigenvalue weighted by Crippen LogP contribution is 2.69. The molecule has 0 radical (unpaired) electrons. The number of carbonyl (C=O) groups is 1. The zero-order valence-electron chi connectivity index (χ0n) is 11.2. The molecule has 3 fully saturated rings. The molecule has 0 N–H and O–H groups in total. The van der Waals surface area contributed by atoms with Gasteiger partial charge in [-0.3, -0.25) is 4.79 Å². The number of esters is 1. The first-order chi connectivity index (χ1) is 8.47. The second kappa shape index (κ2) is 3.01. The zero-order chi connectivity index (χ0) is 12.7. The zero-order valence-corrected chi connectivity index (χ0v) is 11.2. The topological polar surface area (TPSA) is 38.8 Å². The van der Waals surface area contributed by atoms with Crippen LogP contribution in [-0.4, -0.2) is 18.4 Å². The van der Waals surface area contributed by atoms with Crippen molar-refractivity contribution in [1.29, 1.82) is 0 Å². The molecule has 0 bridgehead atoms. The van der Waals surface area contributed by atoms with E-state index in [1.165, 1.54) is 18.4 Å². The summed E-state index contributed by atoms with van der Waals surface area (Å²) in [5.74, 6) is 1.12. The minimum atomic E-state index is -0.381. The number of ether oxygens (including phenoxy) is 2. The Morgan fingerprint density at radius 1 is 1.39 bits per heavy atom. The fourth-order valence-electron chi connectivity index (χ4n) is 4.92. The Morgan fingerprint density at radius 2 is 2.17 bits per heavy atom. The lowest BCUT2D eigenvalue weighted by Gasteiger charge is -2.40. The van der Waals surface area contributed by atoms with Gasteiger partial charge < -0.3 is 9.47 Å². The molecule has 1 spiro atoms. The molecule has 0 aromatic carbocycles. The van der Waals surface area contributed by atoms with E-state index >= 15 is 0 Å². The van der Waals surface area contributed by atoms with Crippen LogP contribution in [0.25, 0.3) is 0 Å². The Kier molecular flexibility index (Phi) is 1.84. The van der Waals surface area contributed by atoms with Crippen LogP contribution in [-0.2, 0) is 14.3 Å². The third-order valence-corrected chi connectivity index (χ3v) is 6.02. The van der Waals surface area contributed by atoms with Gasteiger partial charge in [-0.05, 0) is 43.4 Å². The molecule has 0 amide bonds. The van der Waals surface area contributed by atoms with Crippen LogP contribution in [0, 0.1) is 22.7 Å². The Morgan fingerprint density at radius 3 is 2.83 bits per heavy atom. The molecule has 0 aromatic rings. The van der Waals surface area contributed by atoms with Gasteiger partial charge in [0.05, 0.1) is 0 Å². The van der Waals surface area contributed by atoms with E-state index in [1.807, 2.05) is 0 Å². The molecular formula is C15H20O3. The van der Waals surface area contributed by atoms with Gasteiger partial charge >= 0.3 is 5.97 Å². The number of rotatable bonds is 0. The fraction of sp³-hybridized carbons (Fsp3) is 0.800. The number of hydrogen-bond acceptors (Lipinski definition) is 3. The van der Waals surface area contributed by atoms with Crippen LogP contribution in [0.2, 0.25) is 0 Å². The van der Waals surface area contributed by atoms with Gasteiger partial charge in [0.15, 0.2) is 0 Å². The van der Waals surface area contributed by atoms with Gasteiger partial charge in [-0.25, -0.2) is 0 Å². The highest BCUT2D eigenvalue weighted by Gasteiger charge is 2.77. The molecule has 3 nitrogen and oxygen atoms in total. The van der Waals surface area contributed by atoms with Crippen molar-refractivity contribution in [2.24, 2.45) is 22.7 Å².